The van der Waals surface area contributed by atoms with E-state index in [4.69, 9.17) is 12.2 Å². The predicted molar refractivity (Wildman–Crippen MR) is 104 cm³/mol. The van der Waals surface area contributed by atoms with Gasteiger partial charge in [-0.2, -0.15) is 0 Å². The number of anilines is 2. The lowest BCUT2D eigenvalue weighted by molar-refractivity contribution is -0.117. The summed E-state index contributed by atoms with van der Waals surface area (Å²) in [5.41, 5.74) is 3.21. The van der Waals surface area contributed by atoms with Crippen molar-refractivity contribution in [2.24, 2.45) is 0 Å². The van der Waals surface area contributed by atoms with Gasteiger partial charge in [-0.05, 0) is 62.5 Å². The molecule has 0 unspecified atom stereocenters. The van der Waals surface area contributed by atoms with Crippen LogP contribution in [0.3, 0.4) is 0 Å². The summed E-state index contributed by atoms with van der Waals surface area (Å²) in [6.45, 7) is 5.08. The van der Waals surface area contributed by atoms with E-state index in [0.717, 1.165) is 36.3 Å². The van der Waals surface area contributed by atoms with Crippen LogP contribution in [0, 0.1) is 6.92 Å². The predicted octanol–water partition coefficient (Wildman–Crippen LogP) is 4.13. The molecule has 1 amide bonds. The minimum absolute atomic E-state index is 0.155. The highest BCUT2D eigenvalue weighted by Crippen LogP contribution is 2.33. The van der Waals surface area contributed by atoms with Crippen LogP contribution in [0.15, 0.2) is 18.2 Å². The average Bonchev–Trinajstić information content (AvgIpc) is 3.19. The molecule has 2 aliphatic rings. The second kappa shape index (κ2) is 7.09. The fraction of sp³-hybridized carbons (Fsp3) is 0.579. The second-order valence-corrected chi connectivity index (χ2v) is 7.48. The zero-order valence-electron chi connectivity index (χ0n) is 14.7. The number of benzene rings is 1. The monoisotopic (exact) mass is 345 g/mol. The van der Waals surface area contributed by atoms with E-state index < -0.39 is 0 Å². The van der Waals surface area contributed by atoms with Crippen LogP contribution < -0.4 is 15.5 Å². The second-order valence-electron chi connectivity index (χ2n) is 7.07. The molecule has 0 radical (unpaired) electrons. The standard InChI is InChI=1S/C19H27N3OS/c1-3-19(10-4-5-11-19)21-18(24)20-15-9-8-14(2)16(13-15)22-12-6-7-17(22)23/h8-9,13H,3-7,10-12H2,1-2H3,(H2,20,21,24). The fourth-order valence-electron chi connectivity index (χ4n) is 3.90. The van der Waals surface area contributed by atoms with Crippen LogP contribution in [0.25, 0.3) is 0 Å². The first-order chi connectivity index (χ1) is 11.5. The van der Waals surface area contributed by atoms with Gasteiger partial charge in [-0.1, -0.05) is 25.8 Å². The van der Waals surface area contributed by atoms with Crippen LogP contribution in [-0.2, 0) is 4.79 Å². The molecule has 4 nitrogen and oxygen atoms in total. The third kappa shape index (κ3) is 3.56. The van der Waals surface area contributed by atoms with Gasteiger partial charge in [0.15, 0.2) is 5.11 Å². The number of carbonyl (C=O) groups excluding carboxylic acids is 1. The molecule has 1 saturated carbocycles. The molecule has 1 heterocycles. The number of rotatable bonds is 4. The Kier molecular flexibility index (Phi) is 5.09. The van der Waals surface area contributed by atoms with Gasteiger partial charge in [0.25, 0.3) is 0 Å². The minimum atomic E-state index is 0.155. The fourth-order valence-corrected chi connectivity index (χ4v) is 4.24. The van der Waals surface area contributed by atoms with Crippen LogP contribution in [0.2, 0.25) is 0 Å². The minimum Gasteiger partial charge on any atom is -0.357 e. The molecule has 24 heavy (non-hydrogen) atoms. The van der Waals surface area contributed by atoms with Crippen molar-refractivity contribution in [2.45, 2.75) is 64.3 Å². The van der Waals surface area contributed by atoms with Crippen molar-refractivity contribution < 1.29 is 4.79 Å². The van der Waals surface area contributed by atoms with E-state index in [2.05, 4.69) is 23.6 Å². The SMILES string of the molecule is CCC1(NC(=S)Nc2ccc(C)c(N3CCCC3=O)c2)CCCC1. The first-order valence-corrected chi connectivity index (χ1v) is 9.44. The Morgan fingerprint density at radius 3 is 2.67 bits per heavy atom. The highest BCUT2D eigenvalue weighted by atomic mass is 32.1. The van der Waals surface area contributed by atoms with Gasteiger partial charge in [0.2, 0.25) is 5.91 Å². The summed E-state index contributed by atoms with van der Waals surface area (Å²) in [4.78, 5) is 13.9. The molecule has 5 heteroatoms. The summed E-state index contributed by atoms with van der Waals surface area (Å²) in [6.07, 6.45) is 7.60. The van der Waals surface area contributed by atoms with Gasteiger partial charge in [-0.25, -0.2) is 0 Å². The lowest BCUT2D eigenvalue weighted by Crippen LogP contribution is -2.47. The van der Waals surface area contributed by atoms with E-state index in [0.29, 0.717) is 11.5 Å². The number of amides is 1. The largest absolute Gasteiger partial charge is 0.357 e. The molecule has 1 aliphatic carbocycles. The molecule has 1 aromatic carbocycles. The van der Waals surface area contributed by atoms with E-state index in [-0.39, 0.29) is 11.4 Å². The summed E-state index contributed by atoms with van der Waals surface area (Å²) < 4.78 is 0. The molecule has 1 aromatic rings. The first-order valence-electron chi connectivity index (χ1n) is 9.03. The van der Waals surface area contributed by atoms with E-state index in [1.807, 2.05) is 24.0 Å². The summed E-state index contributed by atoms with van der Waals surface area (Å²) >= 11 is 5.54. The van der Waals surface area contributed by atoms with Crippen molar-refractivity contribution in [3.8, 4) is 0 Å². The summed E-state index contributed by atoms with van der Waals surface area (Å²) in [6, 6.07) is 6.12. The van der Waals surface area contributed by atoms with Crippen LogP contribution in [0.4, 0.5) is 11.4 Å². The van der Waals surface area contributed by atoms with Crippen molar-refractivity contribution in [1.29, 1.82) is 0 Å². The van der Waals surface area contributed by atoms with Crippen molar-refractivity contribution in [1.82, 2.24) is 5.32 Å². The Hall–Kier alpha value is -1.62. The molecular weight excluding hydrogens is 318 g/mol. The van der Waals surface area contributed by atoms with Gasteiger partial charge >= 0.3 is 0 Å². The molecule has 0 aromatic heterocycles. The zero-order valence-corrected chi connectivity index (χ0v) is 15.5. The van der Waals surface area contributed by atoms with Gasteiger partial charge in [-0.3, -0.25) is 4.79 Å². The third-order valence-corrected chi connectivity index (χ3v) is 5.65. The highest BCUT2D eigenvalue weighted by molar-refractivity contribution is 7.80. The topological polar surface area (TPSA) is 44.4 Å². The molecule has 3 rings (SSSR count). The van der Waals surface area contributed by atoms with Gasteiger partial charge in [0, 0.05) is 29.9 Å². The van der Waals surface area contributed by atoms with E-state index >= 15 is 0 Å². The molecule has 0 spiro atoms. The highest BCUT2D eigenvalue weighted by Gasteiger charge is 2.32. The number of nitrogens with zero attached hydrogens (tertiary/aromatic N) is 1. The molecule has 130 valence electrons. The number of aryl methyl sites for hydroxylation is 1. The Bertz CT molecular complexity index is 637. The van der Waals surface area contributed by atoms with Crippen molar-refractivity contribution >= 4 is 34.6 Å². The quantitative estimate of drug-likeness (QED) is 0.805. The lowest BCUT2D eigenvalue weighted by atomic mass is 9.95. The van der Waals surface area contributed by atoms with Gasteiger partial charge in [0.1, 0.15) is 0 Å². The normalized spacial score (nSPS) is 19.6. The van der Waals surface area contributed by atoms with Crippen molar-refractivity contribution in [3.63, 3.8) is 0 Å². The van der Waals surface area contributed by atoms with E-state index in [1.54, 1.807) is 0 Å². The third-order valence-electron chi connectivity index (χ3n) is 5.45. The lowest BCUT2D eigenvalue weighted by Gasteiger charge is -2.30. The van der Waals surface area contributed by atoms with Crippen LogP contribution in [0.5, 0.6) is 0 Å². The van der Waals surface area contributed by atoms with E-state index in [1.165, 1.54) is 25.7 Å². The number of nitrogens with one attached hydrogen (secondary N) is 2. The Labute approximate surface area is 150 Å². The van der Waals surface area contributed by atoms with Gasteiger partial charge in [-0.15, -0.1) is 0 Å². The maximum atomic E-state index is 12.0. The van der Waals surface area contributed by atoms with Crippen molar-refractivity contribution in [2.75, 3.05) is 16.8 Å². The summed E-state index contributed by atoms with van der Waals surface area (Å²) in [7, 11) is 0. The molecule has 2 N–H and O–H groups in total. The Morgan fingerprint density at radius 2 is 2.04 bits per heavy atom. The molecule has 0 atom stereocenters. The number of thiocarbonyl (C=S) groups is 1. The number of carbonyl (C=O) groups is 1. The summed E-state index contributed by atoms with van der Waals surface area (Å²) in [5, 5.41) is 7.54. The maximum absolute atomic E-state index is 12.0. The van der Waals surface area contributed by atoms with Crippen LogP contribution in [0.1, 0.15) is 57.4 Å². The molecule has 2 fully saturated rings. The van der Waals surface area contributed by atoms with Gasteiger partial charge in [0.05, 0.1) is 0 Å². The van der Waals surface area contributed by atoms with E-state index in [9.17, 15) is 4.79 Å². The first kappa shape index (κ1) is 17.2. The number of hydrogen-bond donors (Lipinski definition) is 2. The van der Waals surface area contributed by atoms with Crippen LogP contribution >= 0.6 is 12.2 Å². The Morgan fingerprint density at radius 1 is 1.29 bits per heavy atom. The molecule has 1 aliphatic heterocycles. The van der Waals surface area contributed by atoms with Crippen molar-refractivity contribution in [3.05, 3.63) is 23.8 Å². The molecular formula is C19H27N3OS. The van der Waals surface area contributed by atoms with Gasteiger partial charge < -0.3 is 15.5 Å². The Balaban J connectivity index is 1.71. The van der Waals surface area contributed by atoms with Crippen LogP contribution in [-0.4, -0.2) is 23.1 Å². The molecule has 1 saturated heterocycles. The smallest absolute Gasteiger partial charge is 0.227 e. The average molecular weight is 346 g/mol. The number of hydrogen-bond acceptors (Lipinski definition) is 2. The molecule has 0 bridgehead atoms. The zero-order chi connectivity index (χ0) is 17.2. The summed E-state index contributed by atoms with van der Waals surface area (Å²) in [5.74, 6) is 0.215. The maximum Gasteiger partial charge on any atom is 0.227 e.